The number of carbonyl (C=O) groups excluding carboxylic acids is 1. The summed E-state index contributed by atoms with van der Waals surface area (Å²) in [5, 5.41) is 5.64. The van der Waals surface area contributed by atoms with Gasteiger partial charge in [-0.1, -0.05) is 44.2 Å². The Hall–Kier alpha value is -2.07. The quantitative estimate of drug-likeness (QED) is 0.760. The van der Waals surface area contributed by atoms with Crippen LogP contribution in [0.3, 0.4) is 0 Å². The summed E-state index contributed by atoms with van der Waals surface area (Å²) in [5.74, 6) is 1.70. The van der Waals surface area contributed by atoms with Gasteiger partial charge in [-0.25, -0.2) is 0 Å². The minimum Gasteiger partial charge on any atom is -0.491 e. The SMILES string of the molecule is CC(C)Oc1ccc2ccccc2c1CN1CCCC(CNC(=O)C(C)C)C1. The van der Waals surface area contributed by atoms with Crippen molar-refractivity contribution in [3.05, 3.63) is 42.0 Å². The van der Waals surface area contributed by atoms with Crippen LogP contribution < -0.4 is 10.1 Å². The molecular weight excluding hydrogens is 348 g/mol. The third-order valence-corrected chi connectivity index (χ3v) is 5.43. The first kappa shape index (κ1) is 20.7. The fourth-order valence-corrected chi connectivity index (χ4v) is 3.98. The zero-order valence-corrected chi connectivity index (χ0v) is 17.7. The lowest BCUT2D eigenvalue weighted by Crippen LogP contribution is -2.41. The van der Waals surface area contributed by atoms with Crippen molar-refractivity contribution in [2.24, 2.45) is 11.8 Å². The lowest BCUT2D eigenvalue weighted by molar-refractivity contribution is -0.124. The van der Waals surface area contributed by atoms with Crippen LogP contribution in [0.2, 0.25) is 0 Å². The maximum Gasteiger partial charge on any atom is 0.222 e. The average molecular weight is 383 g/mol. The predicted octanol–water partition coefficient (Wildman–Crippen LogP) is 4.61. The van der Waals surface area contributed by atoms with Gasteiger partial charge in [0.15, 0.2) is 0 Å². The molecule has 0 aliphatic carbocycles. The molecule has 1 aliphatic heterocycles. The molecule has 1 fully saturated rings. The highest BCUT2D eigenvalue weighted by Gasteiger charge is 2.23. The van der Waals surface area contributed by atoms with Gasteiger partial charge in [-0.3, -0.25) is 9.69 Å². The molecule has 1 saturated heterocycles. The van der Waals surface area contributed by atoms with Crippen LogP contribution in [0.5, 0.6) is 5.75 Å². The summed E-state index contributed by atoms with van der Waals surface area (Å²) in [5.41, 5.74) is 1.28. The molecule has 4 heteroatoms. The van der Waals surface area contributed by atoms with Gasteiger partial charge in [-0.15, -0.1) is 0 Å². The number of nitrogens with one attached hydrogen (secondary N) is 1. The van der Waals surface area contributed by atoms with E-state index in [9.17, 15) is 4.79 Å². The second-order valence-electron chi connectivity index (χ2n) is 8.57. The summed E-state index contributed by atoms with van der Waals surface area (Å²) in [7, 11) is 0. The Morgan fingerprint density at radius 2 is 1.96 bits per heavy atom. The molecule has 1 heterocycles. The highest BCUT2D eigenvalue weighted by molar-refractivity contribution is 5.87. The summed E-state index contributed by atoms with van der Waals surface area (Å²) in [4.78, 5) is 14.4. The maximum absolute atomic E-state index is 11.9. The van der Waals surface area contributed by atoms with Crippen LogP contribution in [0.4, 0.5) is 0 Å². The van der Waals surface area contributed by atoms with Gasteiger partial charge in [0.25, 0.3) is 0 Å². The van der Waals surface area contributed by atoms with Gasteiger partial charge in [0, 0.05) is 31.1 Å². The predicted molar refractivity (Wildman–Crippen MR) is 116 cm³/mol. The Morgan fingerprint density at radius 1 is 1.18 bits per heavy atom. The number of hydrogen-bond acceptors (Lipinski definition) is 3. The normalized spacial score (nSPS) is 18.0. The number of likely N-dealkylation sites (tertiary alicyclic amines) is 1. The fourth-order valence-electron chi connectivity index (χ4n) is 3.98. The van der Waals surface area contributed by atoms with Crippen molar-refractivity contribution in [2.75, 3.05) is 19.6 Å². The Labute approximate surface area is 169 Å². The standard InChI is InChI=1S/C24H34N2O2/c1-17(2)24(27)25-14-19-8-7-13-26(15-19)16-22-21-10-6-5-9-20(21)11-12-23(22)28-18(3)4/h5-6,9-12,17-19H,7-8,13-16H2,1-4H3,(H,25,27). The van der Waals surface area contributed by atoms with E-state index < -0.39 is 0 Å². The molecule has 1 unspecified atom stereocenters. The van der Waals surface area contributed by atoms with E-state index in [4.69, 9.17) is 4.74 Å². The number of ether oxygens (including phenoxy) is 1. The van der Waals surface area contributed by atoms with Crippen LogP contribution in [0.15, 0.2) is 36.4 Å². The van der Waals surface area contributed by atoms with E-state index in [0.29, 0.717) is 5.92 Å². The van der Waals surface area contributed by atoms with Crippen molar-refractivity contribution in [3.8, 4) is 5.75 Å². The van der Waals surface area contributed by atoms with Gasteiger partial charge in [0.2, 0.25) is 5.91 Å². The largest absolute Gasteiger partial charge is 0.491 e. The van der Waals surface area contributed by atoms with Crippen LogP contribution in [-0.4, -0.2) is 36.5 Å². The molecule has 0 radical (unpaired) electrons. The zero-order chi connectivity index (χ0) is 20.1. The second-order valence-corrected chi connectivity index (χ2v) is 8.57. The van der Waals surface area contributed by atoms with Crippen LogP contribution in [-0.2, 0) is 11.3 Å². The van der Waals surface area contributed by atoms with Gasteiger partial charge in [0.05, 0.1) is 6.10 Å². The first-order chi connectivity index (χ1) is 13.4. The third-order valence-electron chi connectivity index (χ3n) is 5.43. The molecule has 0 saturated carbocycles. The summed E-state index contributed by atoms with van der Waals surface area (Å²) in [6.07, 6.45) is 2.51. The van der Waals surface area contributed by atoms with E-state index in [1.807, 2.05) is 13.8 Å². The average Bonchev–Trinajstić information content (AvgIpc) is 2.67. The van der Waals surface area contributed by atoms with Crippen molar-refractivity contribution in [1.82, 2.24) is 10.2 Å². The zero-order valence-electron chi connectivity index (χ0n) is 17.7. The molecule has 4 nitrogen and oxygen atoms in total. The topological polar surface area (TPSA) is 41.6 Å². The Balaban J connectivity index is 1.74. The Morgan fingerprint density at radius 3 is 2.71 bits per heavy atom. The summed E-state index contributed by atoms with van der Waals surface area (Å²) in [6, 6.07) is 12.8. The van der Waals surface area contributed by atoms with Gasteiger partial charge in [-0.2, -0.15) is 0 Å². The monoisotopic (exact) mass is 382 g/mol. The van der Waals surface area contributed by atoms with Crippen molar-refractivity contribution >= 4 is 16.7 Å². The Kier molecular flexibility index (Phi) is 6.95. The molecule has 152 valence electrons. The molecule has 3 rings (SSSR count). The molecule has 1 N–H and O–H groups in total. The molecule has 1 amide bonds. The first-order valence-corrected chi connectivity index (χ1v) is 10.6. The number of fused-ring (bicyclic) bond motifs is 1. The highest BCUT2D eigenvalue weighted by Crippen LogP contribution is 2.31. The van der Waals surface area contributed by atoms with Crippen molar-refractivity contribution < 1.29 is 9.53 Å². The third kappa shape index (κ3) is 5.26. The first-order valence-electron chi connectivity index (χ1n) is 10.6. The van der Waals surface area contributed by atoms with Crippen LogP contribution in [0.1, 0.15) is 46.1 Å². The molecule has 0 spiro atoms. The van der Waals surface area contributed by atoms with E-state index in [0.717, 1.165) is 31.9 Å². The number of nitrogens with zero attached hydrogens (tertiary/aromatic N) is 1. The van der Waals surface area contributed by atoms with Gasteiger partial charge in [-0.05, 0) is 56.0 Å². The van der Waals surface area contributed by atoms with Gasteiger partial charge >= 0.3 is 0 Å². The summed E-state index contributed by atoms with van der Waals surface area (Å²) < 4.78 is 6.14. The minimum atomic E-state index is 0.0473. The second kappa shape index (κ2) is 9.42. The molecule has 1 aliphatic rings. The number of amides is 1. The number of carbonyl (C=O) groups is 1. The fraction of sp³-hybridized carbons (Fsp3) is 0.542. The van der Waals surface area contributed by atoms with Gasteiger partial charge in [0.1, 0.15) is 5.75 Å². The number of hydrogen-bond donors (Lipinski definition) is 1. The molecule has 1 atom stereocenters. The molecule has 0 aromatic heterocycles. The molecular formula is C24H34N2O2. The van der Waals surface area contributed by atoms with E-state index in [1.54, 1.807) is 0 Å². The summed E-state index contributed by atoms with van der Waals surface area (Å²) >= 11 is 0. The van der Waals surface area contributed by atoms with Crippen LogP contribution >= 0.6 is 0 Å². The maximum atomic E-state index is 11.9. The molecule has 28 heavy (non-hydrogen) atoms. The van der Waals surface area contributed by atoms with E-state index >= 15 is 0 Å². The lowest BCUT2D eigenvalue weighted by atomic mass is 9.96. The van der Waals surface area contributed by atoms with Gasteiger partial charge < -0.3 is 10.1 Å². The minimum absolute atomic E-state index is 0.0473. The van der Waals surface area contributed by atoms with Crippen molar-refractivity contribution in [3.63, 3.8) is 0 Å². The summed E-state index contributed by atoms with van der Waals surface area (Å²) in [6.45, 7) is 11.8. The van der Waals surface area contributed by atoms with Crippen molar-refractivity contribution in [1.29, 1.82) is 0 Å². The van der Waals surface area contributed by atoms with E-state index in [2.05, 4.69) is 60.5 Å². The molecule has 2 aromatic carbocycles. The highest BCUT2D eigenvalue weighted by atomic mass is 16.5. The van der Waals surface area contributed by atoms with Crippen molar-refractivity contribution in [2.45, 2.75) is 53.2 Å². The smallest absolute Gasteiger partial charge is 0.222 e. The number of benzene rings is 2. The van der Waals surface area contributed by atoms with E-state index in [-0.39, 0.29) is 17.9 Å². The van der Waals surface area contributed by atoms with Crippen LogP contribution in [0, 0.1) is 11.8 Å². The van der Waals surface area contributed by atoms with E-state index in [1.165, 1.54) is 29.2 Å². The lowest BCUT2D eigenvalue weighted by Gasteiger charge is -2.33. The molecule has 2 aromatic rings. The number of rotatable bonds is 7. The van der Waals surface area contributed by atoms with Crippen LogP contribution in [0.25, 0.3) is 10.8 Å². The Bertz CT molecular complexity index is 800. The molecule has 0 bridgehead atoms. The number of piperidine rings is 1.